The number of amides is 1. The molecule has 0 saturated carbocycles. The highest BCUT2D eigenvalue weighted by Crippen LogP contribution is 2.12. The second kappa shape index (κ2) is 6.85. The number of carbonyl (C=O) groups is 1. The van der Waals surface area contributed by atoms with Crippen molar-refractivity contribution in [1.82, 2.24) is 9.88 Å². The molecule has 1 heterocycles. The van der Waals surface area contributed by atoms with Crippen molar-refractivity contribution >= 4 is 17.2 Å². The first-order chi connectivity index (χ1) is 9.70. The summed E-state index contributed by atoms with van der Waals surface area (Å²) >= 11 is 1.34. The van der Waals surface area contributed by atoms with Crippen molar-refractivity contribution in [2.45, 2.75) is 6.54 Å². The van der Waals surface area contributed by atoms with Crippen LogP contribution in [0.1, 0.15) is 20.8 Å². The quantitative estimate of drug-likeness (QED) is 0.875. The molecule has 1 aromatic heterocycles. The van der Waals surface area contributed by atoms with Gasteiger partial charge in [0.15, 0.2) is 0 Å². The van der Waals surface area contributed by atoms with Crippen molar-refractivity contribution in [3.8, 4) is 11.8 Å². The van der Waals surface area contributed by atoms with Gasteiger partial charge in [-0.15, -0.1) is 11.3 Å². The summed E-state index contributed by atoms with van der Waals surface area (Å²) in [5.41, 5.74) is 3.52. The Balaban J connectivity index is 2.01. The van der Waals surface area contributed by atoms with Crippen molar-refractivity contribution in [3.63, 3.8) is 0 Å². The molecule has 0 atom stereocenters. The summed E-state index contributed by atoms with van der Waals surface area (Å²) in [6.45, 7) is 0.387. The van der Waals surface area contributed by atoms with Crippen LogP contribution in [0, 0.1) is 11.8 Å². The number of benzene rings is 1. The lowest BCUT2D eigenvalue weighted by Crippen LogP contribution is -2.25. The predicted molar refractivity (Wildman–Crippen MR) is 78.3 cm³/mol. The highest BCUT2D eigenvalue weighted by molar-refractivity contribution is 7.11. The van der Waals surface area contributed by atoms with Crippen LogP contribution in [-0.4, -0.2) is 34.6 Å². The fraction of sp³-hybridized carbons (Fsp3) is 0.200. The lowest BCUT2D eigenvalue weighted by atomic mass is 10.1. The zero-order chi connectivity index (χ0) is 14.4. The van der Waals surface area contributed by atoms with E-state index in [-0.39, 0.29) is 12.5 Å². The van der Waals surface area contributed by atoms with E-state index in [1.807, 2.05) is 24.3 Å². The van der Waals surface area contributed by atoms with E-state index in [0.29, 0.717) is 11.4 Å². The summed E-state index contributed by atoms with van der Waals surface area (Å²) in [5, 5.41) is 8.63. The van der Waals surface area contributed by atoms with Gasteiger partial charge in [0.2, 0.25) is 0 Å². The summed E-state index contributed by atoms with van der Waals surface area (Å²) in [4.78, 5) is 18.3. The molecule has 1 amide bonds. The normalized spacial score (nSPS) is 9.70. The summed E-state index contributed by atoms with van der Waals surface area (Å²) < 4.78 is 0. The molecule has 0 aliphatic heterocycles. The Morgan fingerprint density at radius 3 is 2.75 bits per heavy atom. The van der Waals surface area contributed by atoms with Crippen LogP contribution in [0.3, 0.4) is 0 Å². The molecule has 1 N–H and O–H groups in total. The van der Waals surface area contributed by atoms with Gasteiger partial charge in [0, 0.05) is 19.2 Å². The minimum atomic E-state index is -0.145. The molecular formula is C15H14N2O2S. The predicted octanol–water partition coefficient (Wildman–Crippen LogP) is 1.76. The number of hydrogen-bond donors (Lipinski definition) is 1. The first kappa shape index (κ1) is 14.3. The number of nitrogens with zero attached hydrogens (tertiary/aromatic N) is 2. The molecule has 0 saturated heterocycles. The number of aliphatic hydroxyl groups excluding tert-OH is 1. The van der Waals surface area contributed by atoms with Crippen LogP contribution < -0.4 is 0 Å². The topological polar surface area (TPSA) is 53.4 Å². The van der Waals surface area contributed by atoms with Crippen LogP contribution in [0.5, 0.6) is 0 Å². The summed E-state index contributed by atoms with van der Waals surface area (Å²) in [6, 6.07) is 7.61. The van der Waals surface area contributed by atoms with Gasteiger partial charge in [0.25, 0.3) is 5.91 Å². The van der Waals surface area contributed by atoms with E-state index in [4.69, 9.17) is 5.11 Å². The van der Waals surface area contributed by atoms with Crippen LogP contribution >= 0.6 is 11.3 Å². The molecule has 1 aromatic carbocycles. The first-order valence-corrected chi connectivity index (χ1v) is 6.91. The maximum Gasteiger partial charge on any atom is 0.265 e. The van der Waals surface area contributed by atoms with Gasteiger partial charge < -0.3 is 10.0 Å². The Kier molecular flexibility index (Phi) is 4.88. The molecule has 0 fully saturated rings. The fourth-order valence-electron chi connectivity index (χ4n) is 1.69. The Morgan fingerprint density at radius 2 is 2.15 bits per heavy atom. The fourth-order valence-corrected chi connectivity index (χ4v) is 2.30. The maximum atomic E-state index is 12.1. The van der Waals surface area contributed by atoms with Crippen molar-refractivity contribution in [2.24, 2.45) is 0 Å². The van der Waals surface area contributed by atoms with Crippen LogP contribution in [0.25, 0.3) is 0 Å². The van der Waals surface area contributed by atoms with Gasteiger partial charge in [-0.05, 0) is 17.7 Å². The van der Waals surface area contributed by atoms with Crippen LogP contribution in [0.15, 0.2) is 36.0 Å². The monoisotopic (exact) mass is 286 g/mol. The van der Waals surface area contributed by atoms with Gasteiger partial charge in [-0.3, -0.25) is 9.78 Å². The SMILES string of the molecule is CN(Cc1ccc(C#CCO)cc1)C(=O)c1cncs1. The lowest BCUT2D eigenvalue weighted by Gasteiger charge is -2.16. The maximum absolute atomic E-state index is 12.1. The third-order valence-electron chi connectivity index (χ3n) is 2.68. The highest BCUT2D eigenvalue weighted by Gasteiger charge is 2.13. The van der Waals surface area contributed by atoms with Gasteiger partial charge >= 0.3 is 0 Å². The van der Waals surface area contributed by atoms with Crippen LogP contribution in [0.2, 0.25) is 0 Å². The largest absolute Gasteiger partial charge is 0.384 e. The second-order valence-electron chi connectivity index (χ2n) is 4.18. The number of aromatic nitrogens is 1. The first-order valence-electron chi connectivity index (χ1n) is 6.03. The standard InChI is InChI=1S/C15H14N2O2S/c1-17(15(19)14-9-16-11-20-14)10-13-6-4-12(5-7-13)3-2-8-18/h4-7,9,11,18H,8,10H2,1H3. The van der Waals surface area contributed by atoms with Crippen molar-refractivity contribution in [1.29, 1.82) is 0 Å². The smallest absolute Gasteiger partial charge is 0.265 e. The Morgan fingerprint density at radius 1 is 1.40 bits per heavy atom. The molecule has 0 spiro atoms. The molecule has 102 valence electrons. The van der Waals surface area contributed by atoms with E-state index < -0.39 is 0 Å². The molecule has 20 heavy (non-hydrogen) atoms. The molecular weight excluding hydrogens is 272 g/mol. The van der Waals surface area contributed by atoms with E-state index in [9.17, 15) is 4.79 Å². The van der Waals surface area contributed by atoms with Crippen molar-refractivity contribution in [2.75, 3.05) is 13.7 Å². The minimum Gasteiger partial charge on any atom is -0.384 e. The van der Waals surface area contributed by atoms with Crippen LogP contribution in [0.4, 0.5) is 0 Å². The number of thiazole rings is 1. The molecule has 0 radical (unpaired) electrons. The molecule has 2 rings (SSSR count). The third kappa shape index (κ3) is 3.67. The molecule has 0 aliphatic carbocycles. The third-order valence-corrected chi connectivity index (χ3v) is 3.44. The molecule has 0 aliphatic rings. The van der Waals surface area contributed by atoms with Gasteiger partial charge in [-0.2, -0.15) is 0 Å². The Hall–Kier alpha value is -2.16. The Labute approximate surface area is 121 Å². The average molecular weight is 286 g/mol. The van der Waals surface area contributed by atoms with Gasteiger partial charge in [-0.1, -0.05) is 24.0 Å². The summed E-state index contributed by atoms with van der Waals surface area (Å²) in [7, 11) is 1.77. The Bertz CT molecular complexity index is 624. The molecule has 5 heteroatoms. The van der Waals surface area contributed by atoms with E-state index in [0.717, 1.165) is 11.1 Å². The average Bonchev–Trinajstić information content (AvgIpc) is 3.00. The number of carbonyl (C=O) groups excluding carboxylic acids is 1. The van der Waals surface area contributed by atoms with Gasteiger partial charge in [-0.25, -0.2) is 0 Å². The van der Waals surface area contributed by atoms with Crippen molar-refractivity contribution in [3.05, 3.63) is 52.0 Å². The van der Waals surface area contributed by atoms with E-state index in [1.165, 1.54) is 11.3 Å². The second-order valence-corrected chi connectivity index (χ2v) is 5.07. The number of hydrogen-bond acceptors (Lipinski definition) is 4. The van der Waals surface area contributed by atoms with Gasteiger partial charge in [0.05, 0.1) is 11.7 Å². The van der Waals surface area contributed by atoms with Crippen molar-refractivity contribution < 1.29 is 9.90 Å². The summed E-state index contributed by atoms with van der Waals surface area (Å²) in [6.07, 6.45) is 1.58. The number of rotatable bonds is 3. The van der Waals surface area contributed by atoms with E-state index in [2.05, 4.69) is 16.8 Å². The van der Waals surface area contributed by atoms with E-state index in [1.54, 1.807) is 23.7 Å². The molecule has 2 aromatic rings. The van der Waals surface area contributed by atoms with Gasteiger partial charge in [0.1, 0.15) is 11.5 Å². The van der Waals surface area contributed by atoms with Crippen LogP contribution in [-0.2, 0) is 6.54 Å². The molecule has 0 bridgehead atoms. The zero-order valence-electron chi connectivity index (χ0n) is 11.0. The summed E-state index contributed by atoms with van der Waals surface area (Å²) in [5.74, 6) is 5.40. The number of aliphatic hydroxyl groups is 1. The molecule has 0 unspecified atom stereocenters. The minimum absolute atomic E-state index is 0.0309. The highest BCUT2D eigenvalue weighted by atomic mass is 32.1. The van der Waals surface area contributed by atoms with E-state index >= 15 is 0 Å². The lowest BCUT2D eigenvalue weighted by molar-refractivity contribution is 0.0789. The molecule has 4 nitrogen and oxygen atoms in total. The zero-order valence-corrected chi connectivity index (χ0v) is 11.9.